The number of aromatic nitrogens is 2. The second-order valence-electron chi connectivity index (χ2n) is 6.38. The van der Waals surface area contributed by atoms with E-state index in [9.17, 15) is 9.18 Å². The first-order valence-corrected chi connectivity index (χ1v) is 8.47. The number of hydrogen-bond acceptors (Lipinski definition) is 4. The molecule has 0 spiro atoms. The molecule has 0 unspecified atom stereocenters. The highest BCUT2D eigenvalue weighted by Crippen LogP contribution is 2.19. The van der Waals surface area contributed by atoms with Crippen molar-refractivity contribution in [3.63, 3.8) is 0 Å². The summed E-state index contributed by atoms with van der Waals surface area (Å²) in [7, 11) is 1.89. The van der Waals surface area contributed by atoms with Crippen molar-refractivity contribution in [2.24, 2.45) is 7.05 Å². The van der Waals surface area contributed by atoms with E-state index in [0.29, 0.717) is 5.75 Å². The molecular formula is C18H23FN4O2. The van der Waals surface area contributed by atoms with Crippen LogP contribution in [-0.4, -0.2) is 40.9 Å². The van der Waals surface area contributed by atoms with Crippen LogP contribution in [0.4, 0.5) is 10.1 Å². The SMILES string of the molecule is C[C@@H](Oc1cccc(F)c1)C(=O)N[C@@H]1CCCN(c2cnn(C)c2)C1. The third kappa shape index (κ3) is 4.49. The van der Waals surface area contributed by atoms with Gasteiger partial charge in [-0.15, -0.1) is 0 Å². The Morgan fingerprint density at radius 1 is 1.48 bits per heavy atom. The van der Waals surface area contributed by atoms with Gasteiger partial charge >= 0.3 is 0 Å². The lowest BCUT2D eigenvalue weighted by Gasteiger charge is -2.34. The lowest BCUT2D eigenvalue weighted by atomic mass is 10.1. The molecule has 2 heterocycles. The molecule has 2 atom stereocenters. The summed E-state index contributed by atoms with van der Waals surface area (Å²) in [6.45, 7) is 3.36. The molecule has 1 aromatic carbocycles. The maximum Gasteiger partial charge on any atom is 0.261 e. The van der Waals surface area contributed by atoms with Crippen molar-refractivity contribution in [2.45, 2.75) is 31.9 Å². The van der Waals surface area contributed by atoms with Gasteiger partial charge in [0.25, 0.3) is 5.91 Å². The molecule has 2 aromatic rings. The zero-order chi connectivity index (χ0) is 17.8. The number of hydrogen-bond donors (Lipinski definition) is 1. The van der Waals surface area contributed by atoms with E-state index in [4.69, 9.17) is 4.74 Å². The van der Waals surface area contributed by atoms with Crippen LogP contribution in [0, 0.1) is 5.82 Å². The number of amides is 1. The van der Waals surface area contributed by atoms with Crippen LogP contribution < -0.4 is 15.0 Å². The zero-order valence-electron chi connectivity index (χ0n) is 14.5. The maximum atomic E-state index is 13.2. The lowest BCUT2D eigenvalue weighted by molar-refractivity contribution is -0.128. The van der Waals surface area contributed by atoms with E-state index in [0.717, 1.165) is 31.6 Å². The number of aryl methyl sites for hydroxylation is 1. The fourth-order valence-corrected chi connectivity index (χ4v) is 3.02. The molecule has 1 aromatic heterocycles. The van der Waals surface area contributed by atoms with Crippen LogP contribution in [0.25, 0.3) is 0 Å². The topological polar surface area (TPSA) is 59.4 Å². The number of rotatable bonds is 5. The summed E-state index contributed by atoms with van der Waals surface area (Å²) in [5.74, 6) is -0.227. The van der Waals surface area contributed by atoms with Crippen molar-refractivity contribution in [1.82, 2.24) is 15.1 Å². The van der Waals surface area contributed by atoms with Gasteiger partial charge in [0.1, 0.15) is 11.6 Å². The third-order valence-electron chi connectivity index (χ3n) is 4.30. The summed E-state index contributed by atoms with van der Waals surface area (Å²) >= 11 is 0. The molecule has 1 fully saturated rings. The Kier molecular flexibility index (Phi) is 5.21. The highest BCUT2D eigenvalue weighted by molar-refractivity contribution is 5.81. The van der Waals surface area contributed by atoms with Gasteiger partial charge in [0.2, 0.25) is 0 Å². The predicted molar refractivity (Wildman–Crippen MR) is 93.1 cm³/mol. The number of anilines is 1. The summed E-state index contributed by atoms with van der Waals surface area (Å²) in [5, 5.41) is 7.23. The Bertz CT molecular complexity index is 733. The number of piperidine rings is 1. The molecule has 3 rings (SSSR count). The van der Waals surface area contributed by atoms with E-state index < -0.39 is 6.10 Å². The van der Waals surface area contributed by atoms with E-state index in [1.54, 1.807) is 23.7 Å². The Morgan fingerprint density at radius 2 is 2.32 bits per heavy atom. The highest BCUT2D eigenvalue weighted by Gasteiger charge is 2.25. The van der Waals surface area contributed by atoms with E-state index in [1.807, 2.05) is 19.4 Å². The first kappa shape index (κ1) is 17.3. The monoisotopic (exact) mass is 346 g/mol. The molecule has 0 saturated carbocycles. The number of nitrogens with one attached hydrogen (secondary N) is 1. The van der Waals surface area contributed by atoms with Crippen LogP contribution in [0.2, 0.25) is 0 Å². The van der Waals surface area contributed by atoms with Gasteiger partial charge in [-0.1, -0.05) is 6.07 Å². The average molecular weight is 346 g/mol. The Labute approximate surface area is 146 Å². The summed E-state index contributed by atoms with van der Waals surface area (Å²) in [6, 6.07) is 5.86. The van der Waals surface area contributed by atoms with Gasteiger partial charge in [-0.2, -0.15) is 5.10 Å². The second-order valence-corrected chi connectivity index (χ2v) is 6.38. The molecular weight excluding hydrogens is 323 g/mol. The van der Waals surface area contributed by atoms with Crippen molar-refractivity contribution in [3.05, 3.63) is 42.5 Å². The first-order valence-electron chi connectivity index (χ1n) is 8.47. The molecule has 1 aliphatic rings. The second kappa shape index (κ2) is 7.55. The number of nitrogens with zero attached hydrogens (tertiary/aromatic N) is 3. The molecule has 1 aliphatic heterocycles. The van der Waals surface area contributed by atoms with Crippen molar-refractivity contribution in [1.29, 1.82) is 0 Å². The molecule has 1 saturated heterocycles. The minimum absolute atomic E-state index is 0.0556. The van der Waals surface area contributed by atoms with Gasteiger partial charge in [-0.3, -0.25) is 9.48 Å². The van der Waals surface area contributed by atoms with Gasteiger partial charge in [-0.25, -0.2) is 4.39 Å². The number of carbonyl (C=O) groups is 1. The molecule has 7 heteroatoms. The van der Waals surface area contributed by atoms with Crippen molar-refractivity contribution in [3.8, 4) is 5.75 Å². The summed E-state index contributed by atoms with van der Waals surface area (Å²) < 4.78 is 20.5. The largest absolute Gasteiger partial charge is 0.481 e. The van der Waals surface area contributed by atoms with Crippen LogP contribution in [0.3, 0.4) is 0 Å². The highest BCUT2D eigenvalue weighted by atomic mass is 19.1. The summed E-state index contributed by atoms with van der Waals surface area (Å²) in [5.41, 5.74) is 1.06. The van der Waals surface area contributed by atoms with E-state index in [2.05, 4.69) is 15.3 Å². The van der Waals surface area contributed by atoms with E-state index in [-0.39, 0.29) is 17.8 Å². The first-order chi connectivity index (χ1) is 12.0. The molecule has 25 heavy (non-hydrogen) atoms. The fraction of sp³-hybridized carbons (Fsp3) is 0.444. The van der Waals surface area contributed by atoms with Crippen LogP contribution in [-0.2, 0) is 11.8 Å². The average Bonchev–Trinajstić information content (AvgIpc) is 3.01. The van der Waals surface area contributed by atoms with Crippen molar-refractivity contribution in [2.75, 3.05) is 18.0 Å². The minimum Gasteiger partial charge on any atom is -0.481 e. The van der Waals surface area contributed by atoms with Crippen molar-refractivity contribution >= 4 is 11.6 Å². The van der Waals surface area contributed by atoms with Crippen LogP contribution in [0.1, 0.15) is 19.8 Å². The van der Waals surface area contributed by atoms with Gasteiger partial charge < -0.3 is 15.0 Å². The number of benzene rings is 1. The van der Waals surface area contributed by atoms with E-state index in [1.165, 1.54) is 12.1 Å². The Morgan fingerprint density at radius 3 is 3.04 bits per heavy atom. The minimum atomic E-state index is -0.685. The number of ether oxygens (including phenoxy) is 1. The van der Waals surface area contributed by atoms with Crippen LogP contribution >= 0.6 is 0 Å². The van der Waals surface area contributed by atoms with Gasteiger partial charge in [0.15, 0.2) is 6.10 Å². The van der Waals surface area contributed by atoms with Gasteiger partial charge in [-0.05, 0) is 31.9 Å². The molecule has 0 aliphatic carbocycles. The van der Waals surface area contributed by atoms with Crippen LogP contribution in [0.5, 0.6) is 5.75 Å². The molecule has 0 bridgehead atoms. The van der Waals surface area contributed by atoms with Crippen LogP contribution in [0.15, 0.2) is 36.7 Å². The summed E-state index contributed by atoms with van der Waals surface area (Å²) in [6.07, 6.45) is 5.05. The standard InChI is InChI=1S/C18H23FN4O2/c1-13(25-17-7-3-5-14(19)9-17)18(24)21-15-6-4-8-23(11-15)16-10-20-22(2)12-16/h3,5,7,9-10,12-13,15H,4,6,8,11H2,1-2H3,(H,21,24)/t13-,15-/m1/s1. The Balaban J connectivity index is 1.54. The summed E-state index contributed by atoms with van der Waals surface area (Å²) in [4.78, 5) is 14.6. The number of carbonyl (C=O) groups excluding carboxylic acids is 1. The fourth-order valence-electron chi connectivity index (χ4n) is 3.02. The lowest BCUT2D eigenvalue weighted by Crippen LogP contribution is -2.50. The molecule has 1 amide bonds. The normalized spacial score (nSPS) is 18.7. The Hall–Kier alpha value is -2.57. The number of halogens is 1. The molecule has 6 nitrogen and oxygen atoms in total. The smallest absolute Gasteiger partial charge is 0.261 e. The van der Waals surface area contributed by atoms with Crippen molar-refractivity contribution < 1.29 is 13.9 Å². The molecule has 134 valence electrons. The quantitative estimate of drug-likeness (QED) is 0.901. The third-order valence-corrected chi connectivity index (χ3v) is 4.30. The zero-order valence-corrected chi connectivity index (χ0v) is 14.5. The molecule has 0 radical (unpaired) electrons. The van der Waals surface area contributed by atoms with Gasteiger partial charge in [0, 0.05) is 38.4 Å². The maximum absolute atomic E-state index is 13.2. The van der Waals surface area contributed by atoms with Gasteiger partial charge in [0.05, 0.1) is 11.9 Å². The molecule has 1 N–H and O–H groups in total. The predicted octanol–water partition coefficient (Wildman–Crippen LogP) is 2.11. The van der Waals surface area contributed by atoms with E-state index >= 15 is 0 Å².